The van der Waals surface area contributed by atoms with Crippen LogP contribution in [-0.2, 0) is 4.79 Å². The van der Waals surface area contributed by atoms with Gasteiger partial charge in [-0.2, -0.15) is 0 Å². The summed E-state index contributed by atoms with van der Waals surface area (Å²) >= 11 is 0. The molecule has 1 aliphatic rings. The fraction of sp³-hybridized carbons (Fsp3) is 0.316. The molecule has 3 rings (SSSR count). The van der Waals surface area contributed by atoms with Crippen LogP contribution < -0.4 is 9.47 Å². The normalized spacial score (nSPS) is 17.0. The van der Waals surface area contributed by atoms with Crippen molar-refractivity contribution in [2.45, 2.75) is 18.8 Å². The summed E-state index contributed by atoms with van der Waals surface area (Å²) in [7, 11) is 1.60. The van der Waals surface area contributed by atoms with Gasteiger partial charge < -0.3 is 14.4 Å². The lowest BCUT2D eigenvalue weighted by atomic mass is 9.94. The minimum absolute atomic E-state index is 0.0548. The Morgan fingerprint density at radius 1 is 1.28 bits per heavy atom. The number of benzene rings is 1. The highest BCUT2D eigenvalue weighted by Crippen LogP contribution is 2.35. The largest absolute Gasteiger partial charge is 0.493 e. The van der Waals surface area contributed by atoms with Gasteiger partial charge in [-0.15, -0.1) is 0 Å². The number of carbonyl (C=O) groups is 1. The van der Waals surface area contributed by atoms with Gasteiger partial charge in [-0.3, -0.25) is 9.78 Å². The predicted molar refractivity (Wildman–Crippen MR) is 93.9 cm³/mol. The molecule has 2 aromatic rings. The zero-order chi connectivity index (χ0) is 17.6. The third-order valence-corrected chi connectivity index (χ3v) is 4.26. The summed E-state index contributed by atoms with van der Waals surface area (Å²) in [6.45, 7) is 4.90. The summed E-state index contributed by atoms with van der Waals surface area (Å²) in [5, 5.41) is 0. The fourth-order valence-electron chi connectivity index (χ4n) is 3.03. The van der Waals surface area contributed by atoms with Gasteiger partial charge in [-0.1, -0.05) is 18.7 Å². The highest BCUT2D eigenvalue weighted by Gasteiger charge is 2.27. The summed E-state index contributed by atoms with van der Waals surface area (Å²) in [4.78, 5) is 22.6. The summed E-state index contributed by atoms with van der Waals surface area (Å²) in [5.41, 5.74) is 0.759. The first-order valence-corrected chi connectivity index (χ1v) is 8.26. The predicted octanol–water partition coefficient (Wildman–Crippen LogP) is 3.17. The van der Waals surface area contributed by atoms with Gasteiger partial charge in [0.25, 0.3) is 0 Å². The summed E-state index contributed by atoms with van der Waals surface area (Å²) in [6.07, 6.45) is 6.45. The molecule has 1 fully saturated rings. The molecule has 1 aliphatic heterocycles. The van der Waals surface area contributed by atoms with E-state index in [4.69, 9.17) is 9.47 Å². The van der Waals surface area contributed by atoms with Crippen molar-refractivity contribution >= 4 is 5.91 Å². The molecule has 6 nitrogen and oxygen atoms in total. The van der Waals surface area contributed by atoms with E-state index < -0.39 is 0 Å². The molecule has 0 saturated carbocycles. The van der Waals surface area contributed by atoms with E-state index in [0.717, 1.165) is 25.1 Å². The Balaban J connectivity index is 1.86. The molecule has 1 saturated heterocycles. The molecule has 0 aliphatic carbocycles. The Bertz CT molecular complexity index is 763. The number of para-hydroxylation sites is 2. The van der Waals surface area contributed by atoms with Gasteiger partial charge in [-0.05, 0) is 31.1 Å². The van der Waals surface area contributed by atoms with Crippen LogP contribution in [0.5, 0.6) is 17.4 Å². The first-order valence-electron chi connectivity index (χ1n) is 8.26. The van der Waals surface area contributed by atoms with Crippen molar-refractivity contribution in [3.8, 4) is 17.4 Å². The standard InChI is InChI=1S/C19H21N3O3/c1-3-17(23)22-12-6-7-14(13-22)18-19(21-11-10-20-18)25-16-9-5-4-8-15(16)24-2/h3-5,8-11,14H,1,6-7,12-13H2,2H3. The number of carbonyl (C=O) groups excluding carboxylic acids is 1. The molecule has 25 heavy (non-hydrogen) atoms. The zero-order valence-electron chi connectivity index (χ0n) is 14.2. The van der Waals surface area contributed by atoms with Gasteiger partial charge in [-0.25, -0.2) is 4.98 Å². The van der Waals surface area contributed by atoms with Crippen LogP contribution in [0.15, 0.2) is 49.3 Å². The second kappa shape index (κ2) is 7.79. The van der Waals surface area contributed by atoms with Crippen LogP contribution in [0.25, 0.3) is 0 Å². The monoisotopic (exact) mass is 339 g/mol. The van der Waals surface area contributed by atoms with E-state index in [2.05, 4.69) is 16.5 Å². The third-order valence-electron chi connectivity index (χ3n) is 4.26. The van der Waals surface area contributed by atoms with E-state index >= 15 is 0 Å². The maximum Gasteiger partial charge on any atom is 0.245 e. The molecule has 0 N–H and O–H groups in total. The van der Waals surface area contributed by atoms with Crippen molar-refractivity contribution in [2.75, 3.05) is 20.2 Å². The van der Waals surface area contributed by atoms with Crippen LogP contribution in [0.4, 0.5) is 0 Å². The molecule has 1 amide bonds. The average molecular weight is 339 g/mol. The van der Waals surface area contributed by atoms with E-state index in [-0.39, 0.29) is 11.8 Å². The molecule has 1 atom stereocenters. The Morgan fingerprint density at radius 2 is 2.04 bits per heavy atom. The van der Waals surface area contributed by atoms with Crippen molar-refractivity contribution in [1.29, 1.82) is 0 Å². The number of piperidine rings is 1. The SMILES string of the molecule is C=CC(=O)N1CCCC(c2nccnc2Oc2ccccc2OC)C1. The van der Waals surface area contributed by atoms with Crippen LogP contribution in [-0.4, -0.2) is 41.0 Å². The van der Waals surface area contributed by atoms with Gasteiger partial charge in [0, 0.05) is 31.4 Å². The number of ether oxygens (including phenoxy) is 2. The number of hydrogen-bond donors (Lipinski definition) is 0. The fourth-order valence-corrected chi connectivity index (χ4v) is 3.03. The van der Waals surface area contributed by atoms with E-state index in [9.17, 15) is 4.79 Å². The van der Waals surface area contributed by atoms with Crippen LogP contribution >= 0.6 is 0 Å². The lowest BCUT2D eigenvalue weighted by Crippen LogP contribution is -2.38. The van der Waals surface area contributed by atoms with Crippen molar-refractivity contribution in [1.82, 2.24) is 14.9 Å². The van der Waals surface area contributed by atoms with Crippen molar-refractivity contribution in [2.24, 2.45) is 0 Å². The second-order valence-corrected chi connectivity index (χ2v) is 5.83. The Kier molecular flexibility index (Phi) is 5.28. The molecule has 6 heteroatoms. The highest BCUT2D eigenvalue weighted by atomic mass is 16.5. The van der Waals surface area contributed by atoms with Crippen molar-refractivity contribution < 1.29 is 14.3 Å². The summed E-state index contributed by atoms with van der Waals surface area (Å²) in [5.74, 6) is 1.69. The number of rotatable bonds is 5. The maximum absolute atomic E-state index is 11.9. The molecule has 1 aromatic carbocycles. The summed E-state index contributed by atoms with van der Waals surface area (Å²) in [6, 6.07) is 7.41. The van der Waals surface area contributed by atoms with E-state index in [1.165, 1.54) is 6.08 Å². The minimum Gasteiger partial charge on any atom is -0.493 e. The van der Waals surface area contributed by atoms with E-state index in [1.54, 1.807) is 24.4 Å². The van der Waals surface area contributed by atoms with Gasteiger partial charge in [0.2, 0.25) is 11.8 Å². The van der Waals surface area contributed by atoms with Crippen LogP contribution in [0.3, 0.4) is 0 Å². The number of hydrogen-bond acceptors (Lipinski definition) is 5. The molecule has 0 bridgehead atoms. The van der Waals surface area contributed by atoms with E-state index in [1.807, 2.05) is 24.3 Å². The third kappa shape index (κ3) is 3.79. The molecule has 2 heterocycles. The number of nitrogens with zero attached hydrogens (tertiary/aromatic N) is 3. The second-order valence-electron chi connectivity index (χ2n) is 5.83. The minimum atomic E-state index is -0.0548. The van der Waals surface area contributed by atoms with Crippen molar-refractivity contribution in [3.63, 3.8) is 0 Å². The number of amides is 1. The lowest BCUT2D eigenvalue weighted by molar-refractivity contribution is -0.127. The Morgan fingerprint density at radius 3 is 2.80 bits per heavy atom. The van der Waals surface area contributed by atoms with Gasteiger partial charge in [0.15, 0.2) is 11.5 Å². The zero-order valence-corrected chi connectivity index (χ0v) is 14.2. The van der Waals surface area contributed by atoms with Gasteiger partial charge in [0.05, 0.1) is 7.11 Å². The van der Waals surface area contributed by atoms with Crippen molar-refractivity contribution in [3.05, 3.63) is 55.0 Å². The molecule has 0 spiro atoms. The molecular weight excluding hydrogens is 318 g/mol. The first kappa shape index (κ1) is 17.0. The smallest absolute Gasteiger partial charge is 0.245 e. The van der Waals surface area contributed by atoms with E-state index in [0.29, 0.717) is 23.9 Å². The highest BCUT2D eigenvalue weighted by molar-refractivity contribution is 5.87. The van der Waals surface area contributed by atoms with Crippen LogP contribution in [0.1, 0.15) is 24.5 Å². The number of aromatic nitrogens is 2. The van der Waals surface area contributed by atoms with Gasteiger partial charge in [0.1, 0.15) is 5.69 Å². The first-order chi connectivity index (χ1) is 12.2. The molecular formula is C19H21N3O3. The Hall–Kier alpha value is -2.89. The summed E-state index contributed by atoms with van der Waals surface area (Å²) < 4.78 is 11.3. The quantitative estimate of drug-likeness (QED) is 0.783. The number of methoxy groups -OCH3 is 1. The number of likely N-dealkylation sites (tertiary alicyclic amines) is 1. The molecule has 1 aromatic heterocycles. The topological polar surface area (TPSA) is 64.6 Å². The lowest BCUT2D eigenvalue weighted by Gasteiger charge is -2.32. The van der Waals surface area contributed by atoms with Crippen LogP contribution in [0.2, 0.25) is 0 Å². The molecule has 1 unspecified atom stereocenters. The average Bonchev–Trinajstić information content (AvgIpc) is 2.68. The molecule has 130 valence electrons. The van der Waals surface area contributed by atoms with Crippen LogP contribution in [0, 0.1) is 0 Å². The van der Waals surface area contributed by atoms with Gasteiger partial charge >= 0.3 is 0 Å². The Labute approximate surface area is 147 Å². The molecule has 0 radical (unpaired) electrons. The maximum atomic E-state index is 11.9.